The van der Waals surface area contributed by atoms with Crippen LogP contribution in [0.4, 0.5) is 11.4 Å². The normalized spacial score (nSPS) is 10.8. The van der Waals surface area contributed by atoms with Gasteiger partial charge >= 0.3 is 0 Å². The second kappa shape index (κ2) is 4.57. The van der Waals surface area contributed by atoms with Crippen molar-refractivity contribution in [1.82, 2.24) is 0 Å². The molecule has 80 valence electrons. The van der Waals surface area contributed by atoms with Crippen LogP contribution in [-0.2, 0) is 0 Å². The molecule has 0 spiro atoms. The van der Waals surface area contributed by atoms with Crippen LogP contribution in [0.25, 0.3) is 0 Å². The van der Waals surface area contributed by atoms with Crippen LogP contribution in [0.15, 0.2) is 58.8 Å². The van der Waals surface area contributed by atoms with E-state index in [2.05, 4.69) is 10.2 Å². The summed E-state index contributed by atoms with van der Waals surface area (Å²) in [5.74, 6) is 0.144. The lowest BCUT2D eigenvalue weighted by molar-refractivity contribution is 0.476. The number of azo groups is 1. The van der Waals surface area contributed by atoms with Crippen molar-refractivity contribution in [2.24, 2.45) is 10.2 Å². The molecule has 0 saturated heterocycles. The number of phenols is 1. The van der Waals surface area contributed by atoms with Gasteiger partial charge in [-0.15, -0.1) is 5.11 Å². The summed E-state index contributed by atoms with van der Waals surface area (Å²) in [5, 5.41) is 17.6. The first-order chi connectivity index (χ1) is 7.75. The van der Waals surface area contributed by atoms with E-state index >= 15 is 0 Å². The lowest BCUT2D eigenvalue weighted by Gasteiger charge is -1.98. The van der Waals surface area contributed by atoms with Crippen molar-refractivity contribution in [1.29, 1.82) is 0 Å². The first kappa shape index (κ1) is 10.4. The number of aromatic hydroxyl groups is 1. The molecule has 0 amide bonds. The summed E-state index contributed by atoms with van der Waals surface area (Å²) in [6.07, 6.45) is 0. The van der Waals surface area contributed by atoms with E-state index in [-0.39, 0.29) is 5.75 Å². The number of phenolic OH excluding ortho intramolecular Hbond substituents is 1. The highest BCUT2D eigenvalue weighted by atomic mass is 16.3. The van der Waals surface area contributed by atoms with Crippen molar-refractivity contribution in [3.05, 3.63) is 54.1 Å². The Labute approximate surface area is 94.1 Å². The van der Waals surface area contributed by atoms with Crippen LogP contribution < -0.4 is 0 Å². The van der Waals surface area contributed by atoms with Crippen molar-refractivity contribution in [3.8, 4) is 5.75 Å². The summed E-state index contributed by atoms with van der Waals surface area (Å²) in [5.41, 5.74) is 2.30. The van der Waals surface area contributed by atoms with Crippen LogP contribution in [0.1, 0.15) is 5.56 Å². The summed E-state index contributed by atoms with van der Waals surface area (Å²) in [7, 11) is 0. The Bertz CT molecular complexity index is 507. The molecule has 3 nitrogen and oxygen atoms in total. The molecular weight excluding hydrogens is 200 g/mol. The highest BCUT2D eigenvalue weighted by Crippen LogP contribution is 2.28. The van der Waals surface area contributed by atoms with Gasteiger partial charge in [0.1, 0.15) is 11.4 Å². The minimum atomic E-state index is 0.144. The number of aryl methyl sites for hydroxylation is 1. The highest BCUT2D eigenvalue weighted by molar-refractivity contribution is 5.52. The zero-order valence-electron chi connectivity index (χ0n) is 8.96. The smallest absolute Gasteiger partial charge is 0.143 e. The molecule has 0 aromatic heterocycles. The van der Waals surface area contributed by atoms with Gasteiger partial charge in [0, 0.05) is 0 Å². The van der Waals surface area contributed by atoms with Crippen molar-refractivity contribution in [2.45, 2.75) is 6.92 Å². The van der Waals surface area contributed by atoms with Crippen LogP contribution in [0.2, 0.25) is 0 Å². The van der Waals surface area contributed by atoms with Gasteiger partial charge in [0.25, 0.3) is 0 Å². The number of rotatable bonds is 2. The topological polar surface area (TPSA) is 45.0 Å². The average Bonchev–Trinajstić information content (AvgIpc) is 2.32. The molecule has 0 radical (unpaired) electrons. The summed E-state index contributed by atoms with van der Waals surface area (Å²) in [6, 6.07) is 14.7. The first-order valence-electron chi connectivity index (χ1n) is 5.02. The second-order valence-electron chi connectivity index (χ2n) is 3.53. The largest absolute Gasteiger partial charge is 0.506 e. The maximum atomic E-state index is 9.56. The predicted octanol–water partition coefficient (Wildman–Crippen LogP) is 4.12. The maximum Gasteiger partial charge on any atom is 0.143 e. The van der Waals surface area contributed by atoms with Gasteiger partial charge in [0.05, 0.1) is 5.69 Å². The number of benzene rings is 2. The van der Waals surface area contributed by atoms with E-state index in [1.807, 2.05) is 43.3 Å². The third-order valence-electron chi connectivity index (χ3n) is 2.16. The second-order valence-corrected chi connectivity index (χ2v) is 3.53. The molecule has 0 saturated carbocycles. The molecule has 2 aromatic carbocycles. The van der Waals surface area contributed by atoms with Gasteiger partial charge in [-0.3, -0.25) is 0 Å². The Morgan fingerprint density at radius 1 is 0.938 bits per heavy atom. The maximum absolute atomic E-state index is 9.56. The quantitative estimate of drug-likeness (QED) is 0.748. The van der Waals surface area contributed by atoms with Gasteiger partial charge in [-0.05, 0) is 36.8 Å². The molecular formula is C13H12N2O. The predicted molar refractivity (Wildman–Crippen MR) is 63.5 cm³/mol. The molecule has 2 rings (SSSR count). The Morgan fingerprint density at radius 2 is 1.69 bits per heavy atom. The lowest BCUT2D eigenvalue weighted by atomic mass is 10.2. The molecule has 0 heterocycles. The molecule has 2 aromatic rings. The van der Waals surface area contributed by atoms with Gasteiger partial charge in [-0.25, -0.2) is 0 Å². The van der Waals surface area contributed by atoms with Gasteiger partial charge in [0.2, 0.25) is 0 Å². The SMILES string of the molecule is Cc1ccc(O)c(/N=N/c2ccccc2)c1. The summed E-state index contributed by atoms with van der Waals surface area (Å²) in [4.78, 5) is 0. The Kier molecular flexibility index (Phi) is 2.96. The number of hydrogen-bond acceptors (Lipinski definition) is 3. The van der Waals surface area contributed by atoms with E-state index < -0.39 is 0 Å². The van der Waals surface area contributed by atoms with Gasteiger partial charge in [-0.1, -0.05) is 24.3 Å². The molecule has 0 aliphatic heterocycles. The van der Waals surface area contributed by atoms with Crippen LogP contribution >= 0.6 is 0 Å². The first-order valence-corrected chi connectivity index (χ1v) is 5.02. The fourth-order valence-corrected chi connectivity index (χ4v) is 1.32. The molecule has 0 aliphatic rings. The molecule has 16 heavy (non-hydrogen) atoms. The van der Waals surface area contributed by atoms with E-state index in [0.29, 0.717) is 5.69 Å². The van der Waals surface area contributed by atoms with Gasteiger partial charge in [-0.2, -0.15) is 5.11 Å². The minimum absolute atomic E-state index is 0.144. The van der Waals surface area contributed by atoms with Gasteiger partial charge in [0.15, 0.2) is 0 Å². The van der Waals surface area contributed by atoms with Crippen molar-refractivity contribution in [3.63, 3.8) is 0 Å². The highest BCUT2D eigenvalue weighted by Gasteiger charge is 1.98. The van der Waals surface area contributed by atoms with Crippen LogP contribution in [0.5, 0.6) is 5.75 Å². The summed E-state index contributed by atoms with van der Waals surface area (Å²) >= 11 is 0. The average molecular weight is 212 g/mol. The summed E-state index contributed by atoms with van der Waals surface area (Å²) < 4.78 is 0. The lowest BCUT2D eigenvalue weighted by Crippen LogP contribution is -1.72. The molecule has 0 aliphatic carbocycles. The molecule has 0 unspecified atom stereocenters. The van der Waals surface area contributed by atoms with E-state index in [0.717, 1.165) is 11.3 Å². The number of hydrogen-bond donors (Lipinski definition) is 1. The van der Waals surface area contributed by atoms with E-state index in [1.54, 1.807) is 12.1 Å². The van der Waals surface area contributed by atoms with Gasteiger partial charge < -0.3 is 5.11 Å². The zero-order valence-corrected chi connectivity index (χ0v) is 8.96. The number of nitrogens with zero attached hydrogens (tertiary/aromatic N) is 2. The molecule has 1 N–H and O–H groups in total. The third kappa shape index (κ3) is 2.45. The van der Waals surface area contributed by atoms with Crippen LogP contribution in [0, 0.1) is 6.92 Å². The Morgan fingerprint density at radius 3 is 2.44 bits per heavy atom. The fraction of sp³-hybridized carbons (Fsp3) is 0.0769. The molecule has 0 atom stereocenters. The molecule has 3 heteroatoms. The van der Waals surface area contributed by atoms with Crippen LogP contribution in [-0.4, -0.2) is 5.11 Å². The Hall–Kier alpha value is -2.16. The third-order valence-corrected chi connectivity index (χ3v) is 2.16. The standard InChI is InChI=1S/C13H12N2O/c1-10-7-8-13(16)12(9-10)15-14-11-5-3-2-4-6-11/h2-9,16H,1H3/b15-14+. The van der Waals surface area contributed by atoms with Crippen LogP contribution in [0.3, 0.4) is 0 Å². The molecule has 0 bridgehead atoms. The minimum Gasteiger partial charge on any atom is -0.506 e. The molecule has 0 fully saturated rings. The van der Waals surface area contributed by atoms with E-state index in [1.165, 1.54) is 0 Å². The monoisotopic (exact) mass is 212 g/mol. The zero-order chi connectivity index (χ0) is 11.4. The summed E-state index contributed by atoms with van der Waals surface area (Å²) in [6.45, 7) is 1.95. The van der Waals surface area contributed by atoms with E-state index in [9.17, 15) is 5.11 Å². The van der Waals surface area contributed by atoms with E-state index in [4.69, 9.17) is 0 Å². The van der Waals surface area contributed by atoms with Crippen molar-refractivity contribution < 1.29 is 5.11 Å². The van der Waals surface area contributed by atoms with Crippen molar-refractivity contribution in [2.75, 3.05) is 0 Å². The fourth-order valence-electron chi connectivity index (χ4n) is 1.32. The van der Waals surface area contributed by atoms with Crippen molar-refractivity contribution >= 4 is 11.4 Å². The Balaban J connectivity index is 2.27.